The number of hydrogen-bond acceptors (Lipinski definition) is 3. The highest BCUT2D eigenvalue weighted by molar-refractivity contribution is 7.16. The molecule has 0 aliphatic carbocycles. The number of carbonyl (C=O) groups is 1. The Hall–Kier alpha value is -2.50. The van der Waals surface area contributed by atoms with Crippen LogP contribution in [0.5, 0.6) is 0 Å². The van der Waals surface area contributed by atoms with Crippen LogP contribution in [-0.2, 0) is 7.05 Å². The number of fused-ring (bicyclic) bond motifs is 2. The number of amides is 1. The maximum absolute atomic E-state index is 12.7. The van der Waals surface area contributed by atoms with E-state index in [4.69, 9.17) is 11.6 Å². The predicted molar refractivity (Wildman–Crippen MR) is 107 cm³/mol. The van der Waals surface area contributed by atoms with E-state index in [2.05, 4.69) is 9.98 Å². The van der Waals surface area contributed by atoms with Gasteiger partial charge in [-0.1, -0.05) is 29.0 Å². The SMILES string of the molecule is Cc1ccc2cc(C(=O)N=c3sc4cc(Cl)cc(C)c4n3C)ccc2n1. The number of rotatable bonds is 1. The van der Waals surface area contributed by atoms with Gasteiger partial charge in [0.1, 0.15) is 0 Å². The van der Waals surface area contributed by atoms with Crippen LogP contribution >= 0.6 is 22.9 Å². The van der Waals surface area contributed by atoms with Crippen molar-refractivity contribution in [3.63, 3.8) is 0 Å². The molecule has 26 heavy (non-hydrogen) atoms. The fourth-order valence-corrected chi connectivity index (χ4v) is 4.56. The molecule has 0 saturated heterocycles. The normalized spacial score (nSPS) is 12.2. The second-order valence-corrected chi connectivity index (χ2v) is 7.74. The monoisotopic (exact) mass is 381 g/mol. The summed E-state index contributed by atoms with van der Waals surface area (Å²) in [5.41, 5.74) is 4.48. The highest BCUT2D eigenvalue weighted by Gasteiger charge is 2.10. The second kappa shape index (κ2) is 6.34. The molecule has 0 aliphatic rings. The molecule has 0 unspecified atom stereocenters. The lowest BCUT2D eigenvalue weighted by Crippen LogP contribution is -2.13. The van der Waals surface area contributed by atoms with Crippen LogP contribution in [0.15, 0.2) is 47.5 Å². The van der Waals surface area contributed by atoms with E-state index < -0.39 is 0 Å². The number of halogens is 1. The van der Waals surface area contributed by atoms with Gasteiger partial charge in [-0.05, 0) is 55.8 Å². The van der Waals surface area contributed by atoms with E-state index in [9.17, 15) is 4.79 Å². The summed E-state index contributed by atoms with van der Waals surface area (Å²) in [5.74, 6) is -0.265. The number of pyridine rings is 1. The van der Waals surface area contributed by atoms with Crippen molar-refractivity contribution in [1.29, 1.82) is 0 Å². The van der Waals surface area contributed by atoms with Gasteiger partial charge in [0.25, 0.3) is 5.91 Å². The zero-order chi connectivity index (χ0) is 18.4. The Morgan fingerprint density at radius 2 is 1.96 bits per heavy atom. The number of thiazole rings is 1. The van der Waals surface area contributed by atoms with Gasteiger partial charge in [-0.3, -0.25) is 9.78 Å². The molecular formula is C20H16ClN3OS. The minimum Gasteiger partial charge on any atom is -0.319 e. The third-order valence-corrected chi connectivity index (χ3v) is 5.62. The van der Waals surface area contributed by atoms with Crippen LogP contribution in [0.2, 0.25) is 5.02 Å². The van der Waals surface area contributed by atoms with E-state index in [1.54, 1.807) is 6.07 Å². The predicted octanol–water partition coefficient (Wildman–Crippen LogP) is 4.80. The summed E-state index contributed by atoms with van der Waals surface area (Å²) >= 11 is 7.61. The molecule has 2 aromatic heterocycles. The van der Waals surface area contributed by atoms with E-state index in [0.29, 0.717) is 15.4 Å². The molecule has 4 nitrogen and oxygen atoms in total. The number of aryl methyl sites for hydroxylation is 3. The zero-order valence-electron chi connectivity index (χ0n) is 14.6. The molecule has 0 atom stereocenters. The van der Waals surface area contributed by atoms with Crippen molar-refractivity contribution >= 4 is 50.0 Å². The minimum absolute atomic E-state index is 0.265. The van der Waals surface area contributed by atoms with Gasteiger partial charge in [0.15, 0.2) is 4.80 Å². The molecule has 1 amide bonds. The summed E-state index contributed by atoms with van der Waals surface area (Å²) in [6.07, 6.45) is 0. The molecule has 0 bridgehead atoms. The van der Waals surface area contributed by atoms with E-state index >= 15 is 0 Å². The summed E-state index contributed by atoms with van der Waals surface area (Å²) in [5, 5.41) is 1.62. The average Bonchev–Trinajstić information content (AvgIpc) is 2.90. The quantitative estimate of drug-likeness (QED) is 0.475. The Labute approximate surface area is 159 Å². The van der Waals surface area contributed by atoms with Crippen molar-refractivity contribution in [1.82, 2.24) is 9.55 Å². The van der Waals surface area contributed by atoms with Gasteiger partial charge >= 0.3 is 0 Å². The summed E-state index contributed by atoms with van der Waals surface area (Å²) in [6.45, 7) is 3.95. The van der Waals surface area contributed by atoms with Crippen molar-refractivity contribution in [3.8, 4) is 0 Å². The number of benzene rings is 2. The van der Waals surface area contributed by atoms with E-state index in [1.165, 1.54) is 11.3 Å². The summed E-state index contributed by atoms with van der Waals surface area (Å²) < 4.78 is 2.96. The van der Waals surface area contributed by atoms with Gasteiger partial charge in [-0.25, -0.2) is 0 Å². The number of carbonyl (C=O) groups excluding carboxylic acids is 1. The minimum atomic E-state index is -0.265. The van der Waals surface area contributed by atoms with Crippen LogP contribution in [-0.4, -0.2) is 15.5 Å². The Morgan fingerprint density at radius 3 is 2.77 bits per heavy atom. The molecule has 0 N–H and O–H groups in total. The van der Waals surface area contributed by atoms with Crippen LogP contribution < -0.4 is 4.80 Å². The lowest BCUT2D eigenvalue weighted by molar-refractivity contribution is 0.0998. The topological polar surface area (TPSA) is 47.2 Å². The average molecular weight is 382 g/mol. The fraction of sp³-hybridized carbons (Fsp3) is 0.150. The maximum atomic E-state index is 12.7. The highest BCUT2D eigenvalue weighted by Crippen LogP contribution is 2.25. The molecule has 0 spiro atoms. The Kier molecular flexibility index (Phi) is 4.13. The van der Waals surface area contributed by atoms with Crippen LogP contribution in [0.4, 0.5) is 0 Å². The van der Waals surface area contributed by atoms with Gasteiger partial charge in [-0.2, -0.15) is 4.99 Å². The number of aromatic nitrogens is 2. The van der Waals surface area contributed by atoms with Crippen molar-refractivity contribution in [2.24, 2.45) is 12.0 Å². The van der Waals surface area contributed by atoms with Gasteiger partial charge in [0, 0.05) is 28.7 Å². The molecule has 2 heterocycles. The molecule has 0 radical (unpaired) electrons. The van der Waals surface area contributed by atoms with Crippen LogP contribution in [0.3, 0.4) is 0 Å². The maximum Gasteiger partial charge on any atom is 0.279 e. The van der Waals surface area contributed by atoms with Crippen molar-refractivity contribution in [2.75, 3.05) is 0 Å². The molecule has 2 aromatic carbocycles. The van der Waals surface area contributed by atoms with Gasteiger partial charge in [0.05, 0.1) is 15.7 Å². The lowest BCUT2D eigenvalue weighted by Gasteiger charge is -2.02. The van der Waals surface area contributed by atoms with Crippen molar-refractivity contribution < 1.29 is 4.79 Å². The molecule has 4 aromatic rings. The Bertz CT molecular complexity index is 1250. The van der Waals surface area contributed by atoms with E-state index in [0.717, 1.165) is 32.4 Å². The summed E-state index contributed by atoms with van der Waals surface area (Å²) in [6, 6.07) is 13.2. The molecular weight excluding hydrogens is 366 g/mol. The highest BCUT2D eigenvalue weighted by atomic mass is 35.5. The number of hydrogen-bond donors (Lipinski definition) is 0. The first-order valence-electron chi connectivity index (χ1n) is 8.14. The summed E-state index contributed by atoms with van der Waals surface area (Å²) in [7, 11) is 1.92. The van der Waals surface area contributed by atoms with Gasteiger partial charge in [0.2, 0.25) is 0 Å². The van der Waals surface area contributed by atoms with Crippen molar-refractivity contribution in [2.45, 2.75) is 13.8 Å². The largest absolute Gasteiger partial charge is 0.319 e. The zero-order valence-corrected chi connectivity index (χ0v) is 16.1. The Balaban J connectivity index is 1.82. The molecule has 130 valence electrons. The van der Waals surface area contributed by atoms with Gasteiger partial charge in [-0.15, -0.1) is 0 Å². The fourth-order valence-electron chi connectivity index (χ4n) is 3.08. The molecule has 0 fully saturated rings. The number of nitrogens with zero attached hydrogens (tertiary/aromatic N) is 3. The molecule has 6 heteroatoms. The lowest BCUT2D eigenvalue weighted by atomic mass is 10.1. The first-order chi connectivity index (χ1) is 12.4. The van der Waals surface area contributed by atoms with E-state index in [1.807, 2.05) is 61.9 Å². The van der Waals surface area contributed by atoms with Crippen LogP contribution in [0.25, 0.3) is 21.1 Å². The Morgan fingerprint density at radius 1 is 1.15 bits per heavy atom. The van der Waals surface area contributed by atoms with Crippen LogP contribution in [0.1, 0.15) is 21.6 Å². The first kappa shape index (κ1) is 16.9. The smallest absolute Gasteiger partial charge is 0.279 e. The third-order valence-electron chi connectivity index (χ3n) is 4.33. The summed E-state index contributed by atoms with van der Waals surface area (Å²) in [4.78, 5) is 22.1. The van der Waals surface area contributed by atoms with Crippen molar-refractivity contribution in [3.05, 3.63) is 69.1 Å². The third kappa shape index (κ3) is 2.93. The standard InChI is InChI=1S/C20H16ClN3OS/c1-11-8-15(21)10-17-18(11)24(3)20(26-17)23-19(25)14-6-7-16-13(9-14)5-4-12(2)22-16/h4-10H,1-3H3. The van der Waals surface area contributed by atoms with Gasteiger partial charge < -0.3 is 4.57 Å². The van der Waals surface area contributed by atoms with Crippen LogP contribution in [0, 0.1) is 13.8 Å². The first-order valence-corrected chi connectivity index (χ1v) is 9.34. The second-order valence-electron chi connectivity index (χ2n) is 6.29. The van der Waals surface area contributed by atoms with E-state index in [-0.39, 0.29) is 5.91 Å². The molecule has 4 rings (SSSR count). The molecule has 0 saturated carbocycles. The molecule has 0 aliphatic heterocycles.